The second-order valence-electron chi connectivity index (χ2n) is 5.38. The molecule has 0 bridgehead atoms. The lowest BCUT2D eigenvalue weighted by molar-refractivity contribution is 0.290. The first kappa shape index (κ1) is 18.8. The summed E-state index contributed by atoms with van der Waals surface area (Å²) in [5.74, 6) is 0. The zero-order valence-corrected chi connectivity index (χ0v) is 17.8. The Morgan fingerprint density at radius 2 is 1.29 bits per heavy atom. The highest BCUT2D eigenvalue weighted by molar-refractivity contribution is 6.88. The Hall–Kier alpha value is -0.292. The van der Waals surface area contributed by atoms with Crippen molar-refractivity contribution in [3.05, 3.63) is 36.4 Å². The van der Waals surface area contributed by atoms with Gasteiger partial charge in [-0.25, -0.2) is 0 Å². The lowest BCUT2D eigenvalue weighted by Gasteiger charge is -2.35. The van der Waals surface area contributed by atoms with Crippen molar-refractivity contribution in [3.8, 4) is 0 Å². The standard InChI is InChI=1S/C14H25O3Si4/c1-8-13-11-9-10-12-14(13)21(15-18(2)3,16-19(4)5)17-20(6)7/h8-12H,1H2,2-7H3. The van der Waals surface area contributed by atoms with E-state index in [0.29, 0.717) is 0 Å². The zero-order valence-electron chi connectivity index (χ0n) is 13.8. The van der Waals surface area contributed by atoms with Gasteiger partial charge in [-0.15, -0.1) is 0 Å². The van der Waals surface area contributed by atoms with Gasteiger partial charge in [0.05, 0.1) is 0 Å². The van der Waals surface area contributed by atoms with E-state index in [9.17, 15) is 0 Å². The van der Waals surface area contributed by atoms with Crippen LogP contribution in [0, 0.1) is 0 Å². The predicted molar refractivity (Wildman–Crippen MR) is 97.6 cm³/mol. The van der Waals surface area contributed by atoms with Gasteiger partial charge in [0.1, 0.15) is 0 Å². The van der Waals surface area contributed by atoms with Crippen LogP contribution >= 0.6 is 0 Å². The Balaban J connectivity index is 3.40. The van der Waals surface area contributed by atoms with Crippen LogP contribution in [0.25, 0.3) is 6.08 Å². The SMILES string of the molecule is C=Cc1ccccc1[Si](O[Si](C)C)(O[Si](C)C)O[Si](C)C. The normalized spacial score (nSPS) is 12.4. The van der Waals surface area contributed by atoms with Gasteiger partial charge in [-0.1, -0.05) is 36.9 Å². The van der Waals surface area contributed by atoms with Gasteiger partial charge in [-0.3, -0.25) is 0 Å². The predicted octanol–water partition coefficient (Wildman–Crippen LogP) is 3.28. The minimum atomic E-state index is -2.86. The molecule has 21 heavy (non-hydrogen) atoms. The second-order valence-corrected chi connectivity index (χ2v) is 14.9. The van der Waals surface area contributed by atoms with Gasteiger partial charge >= 0.3 is 8.80 Å². The first-order valence-electron chi connectivity index (χ1n) is 7.00. The number of rotatable bonds is 8. The number of hydrogen-bond donors (Lipinski definition) is 0. The summed E-state index contributed by atoms with van der Waals surface area (Å²) >= 11 is 0. The van der Waals surface area contributed by atoms with Crippen molar-refractivity contribution >= 4 is 47.2 Å². The highest BCUT2D eigenvalue weighted by atomic mass is 28.5. The molecule has 0 heterocycles. The molecule has 7 heteroatoms. The molecule has 0 amide bonds. The van der Waals surface area contributed by atoms with E-state index in [4.69, 9.17) is 12.3 Å². The topological polar surface area (TPSA) is 27.7 Å². The summed E-state index contributed by atoms with van der Waals surface area (Å²) in [6.07, 6.45) is 1.86. The quantitative estimate of drug-likeness (QED) is 0.671. The van der Waals surface area contributed by atoms with Gasteiger partial charge in [0, 0.05) is 5.19 Å². The van der Waals surface area contributed by atoms with E-state index in [1.165, 1.54) is 0 Å². The molecule has 3 radical (unpaired) electrons. The molecule has 1 rings (SSSR count). The third-order valence-electron chi connectivity index (χ3n) is 2.53. The Kier molecular flexibility index (Phi) is 7.47. The molecule has 0 aliphatic rings. The molecule has 0 aromatic heterocycles. The Morgan fingerprint density at radius 1 is 0.857 bits per heavy atom. The maximum atomic E-state index is 6.39. The molecule has 0 aliphatic heterocycles. The van der Waals surface area contributed by atoms with Crippen molar-refractivity contribution in [1.29, 1.82) is 0 Å². The van der Waals surface area contributed by atoms with Crippen molar-refractivity contribution in [2.75, 3.05) is 0 Å². The Bertz CT molecular complexity index is 437. The molecule has 0 fully saturated rings. The van der Waals surface area contributed by atoms with Crippen LogP contribution in [0.2, 0.25) is 39.3 Å². The molecular formula is C14H25O3Si4. The molecule has 0 aliphatic carbocycles. The van der Waals surface area contributed by atoms with E-state index in [0.717, 1.165) is 10.8 Å². The van der Waals surface area contributed by atoms with Crippen molar-refractivity contribution in [2.24, 2.45) is 0 Å². The van der Waals surface area contributed by atoms with Crippen molar-refractivity contribution in [1.82, 2.24) is 0 Å². The molecule has 0 saturated carbocycles. The summed E-state index contributed by atoms with van der Waals surface area (Å²) in [6, 6.07) is 8.15. The molecule has 115 valence electrons. The fourth-order valence-electron chi connectivity index (χ4n) is 1.99. The molecule has 0 unspecified atom stereocenters. The summed E-state index contributed by atoms with van der Waals surface area (Å²) in [7, 11) is -5.69. The maximum Gasteiger partial charge on any atom is 0.506 e. The third kappa shape index (κ3) is 5.44. The van der Waals surface area contributed by atoms with Crippen LogP contribution in [0.3, 0.4) is 0 Å². The van der Waals surface area contributed by atoms with E-state index in [1.807, 2.05) is 24.3 Å². The number of hydrogen-bond acceptors (Lipinski definition) is 3. The van der Waals surface area contributed by atoms with Crippen LogP contribution in [0.4, 0.5) is 0 Å². The molecule has 1 aromatic rings. The summed E-state index contributed by atoms with van der Waals surface area (Å²) in [4.78, 5) is 0. The summed E-state index contributed by atoms with van der Waals surface area (Å²) < 4.78 is 19.2. The Labute approximate surface area is 135 Å². The van der Waals surface area contributed by atoms with Crippen molar-refractivity contribution in [2.45, 2.75) is 39.3 Å². The molecule has 0 atom stereocenters. The van der Waals surface area contributed by atoms with E-state index in [-0.39, 0.29) is 0 Å². The molecule has 0 saturated heterocycles. The van der Waals surface area contributed by atoms with Crippen LogP contribution in [0.15, 0.2) is 30.8 Å². The van der Waals surface area contributed by atoms with E-state index >= 15 is 0 Å². The number of benzene rings is 1. The van der Waals surface area contributed by atoms with Gasteiger partial charge in [0.15, 0.2) is 27.1 Å². The fraction of sp³-hybridized carbons (Fsp3) is 0.429. The van der Waals surface area contributed by atoms with Crippen molar-refractivity contribution in [3.63, 3.8) is 0 Å². The Morgan fingerprint density at radius 3 is 1.67 bits per heavy atom. The van der Waals surface area contributed by atoms with Crippen LogP contribution in [-0.2, 0) is 12.3 Å². The summed E-state index contributed by atoms with van der Waals surface area (Å²) in [6.45, 7) is 16.7. The van der Waals surface area contributed by atoms with Gasteiger partial charge < -0.3 is 12.3 Å². The second kappa shape index (κ2) is 8.37. The monoisotopic (exact) mass is 353 g/mol. The zero-order chi connectivity index (χ0) is 16.0. The van der Waals surface area contributed by atoms with Crippen LogP contribution in [0.1, 0.15) is 5.56 Å². The average Bonchev–Trinajstić information content (AvgIpc) is 2.36. The van der Waals surface area contributed by atoms with Gasteiger partial charge in [0.2, 0.25) is 0 Å². The van der Waals surface area contributed by atoms with Gasteiger partial charge in [0.25, 0.3) is 0 Å². The largest absolute Gasteiger partial charge is 0.506 e. The van der Waals surface area contributed by atoms with E-state index in [2.05, 4.69) is 51.9 Å². The fourth-order valence-corrected chi connectivity index (χ4v) is 12.2. The minimum absolute atomic E-state index is 0.943. The third-order valence-corrected chi connectivity index (χ3v) is 11.8. The summed E-state index contributed by atoms with van der Waals surface area (Å²) in [5.41, 5.74) is 1.05. The highest BCUT2D eigenvalue weighted by Crippen LogP contribution is 2.18. The molecule has 0 N–H and O–H groups in total. The van der Waals surface area contributed by atoms with Crippen LogP contribution in [-0.4, -0.2) is 35.9 Å². The maximum absolute atomic E-state index is 6.39. The first-order valence-corrected chi connectivity index (χ1v) is 15.9. The van der Waals surface area contributed by atoms with Crippen molar-refractivity contribution < 1.29 is 12.3 Å². The van der Waals surface area contributed by atoms with E-state index < -0.39 is 35.9 Å². The molecule has 1 aromatic carbocycles. The molecule has 0 spiro atoms. The lowest BCUT2D eigenvalue weighted by Crippen LogP contribution is -2.62. The molecular weight excluding hydrogens is 328 g/mol. The summed E-state index contributed by atoms with van der Waals surface area (Å²) in [5, 5.41) is 1.06. The van der Waals surface area contributed by atoms with Gasteiger partial charge in [-0.05, 0) is 44.8 Å². The average molecular weight is 354 g/mol. The van der Waals surface area contributed by atoms with Gasteiger partial charge in [-0.2, -0.15) is 0 Å². The van der Waals surface area contributed by atoms with Crippen LogP contribution in [0.5, 0.6) is 0 Å². The first-order chi connectivity index (χ1) is 9.80. The highest BCUT2D eigenvalue weighted by Gasteiger charge is 2.47. The van der Waals surface area contributed by atoms with Crippen LogP contribution < -0.4 is 5.19 Å². The van der Waals surface area contributed by atoms with E-state index in [1.54, 1.807) is 0 Å². The smallest absolute Gasteiger partial charge is 0.413 e. The minimum Gasteiger partial charge on any atom is -0.413 e. The lowest BCUT2D eigenvalue weighted by atomic mass is 10.2. The molecule has 3 nitrogen and oxygen atoms in total.